The number of furan rings is 1. The van der Waals surface area contributed by atoms with Crippen molar-refractivity contribution in [1.29, 1.82) is 0 Å². The highest BCUT2D eigenvalue weighted by Crippen LogP contribution is 2.27. The van der Waals surface area contributed by atoms with Gasteiger partial charge < -0.3 is 13.9 Å². The Balaban J connectivity index is 1.68. The van der Waals surface area contributed by atoms with E-state index in [9.17, 15) is 5.11 Å². The Labute approximate surface area is 127 Å². The van der Waals surface area contributed by atoms with Crippen molar-refractivity contribution in [2.75, 3.05) is 0 Å². The van der Waals surface area contributed by atoms with Crippen LogP contribution in [-0.2, 0) is 5.75 Å². The highest BCUT2D eigenvalue weighted by atomic mass is 79.9. The zero-order valence-electron chi connectivity index (χ0n) is 10.1. The number of aromatic hydroxyl groups is 1. The summed E-state index contributed by atoms with van der Waals surface area (Å²) in [6.07, 6.45) is 0. The number of benzene rings is 1. The molecule has 0 spiro atoms. The van der Waals surface area contributed by atoms with Crippen molar-refractivity contribution in [3.63, 3.8) is 0 Å². The molecule has 0 aliphatic heterocycles. The minimum Gasteiger partial charge on any atom is -0.508 e. The lowest BCUT2D eigenvalue weighted by molar-refractivity contribution is 0.473. The first kappa shape index (κ1) is 13.3. The predicted molar refractivity (Wildman–Crippen MR) is 77.4 cm³/mol. The van der Waals surface area contributed by atoms with Crippen molar-refractivity contribution in [3.05, 3.63) is 47.0 Å². The van der Waals surface area contributed by atoms with E-state index >= 15 is 0 Å². The molecule has 2 aromatic heterocycles. The van der Waals surface area contributed by atoms with E-state index in [0.29, 0.717) is 28.0 Å². The number of hydrogen-bond acceptors (Lipinski definition) is 6. The topological polar surface area (TPSA) is 72.3 Å². The summed E-state index contributed by atoms with van der Waals surface area (Å²) in [7, 11) is 0. The van der Waals surface area contributed by atoms with E-state index in [2.05, 4.69) is 26.1 Å². The fourth-order valence-corrected chi connectivity index (χ4v) is 2.65. The number of halogens is 1. The van der Waals surface area contributed by atoms with Gasteiger partial charge in [0.2, 0.25) is 5.89 Å². The van der Waals surface area contributed by atoms with Gasteiger partial charge in [0, 0.05) is 4.90 Å². The van der Waals surface area contributed by atoms with Gasteiger partial charge in [-0.15, -0.1) is 22.0 Å². The van der Waals surface area contributed by atoms with Crippen LogP contribution in [0.4, 0.5) is 0 Å². The molecular weight excluding hydrogens is 344 g/mol. The summed E-state index contributed by atoms with van der Waals surface area (Å²) in [5.74, 6) is 2.14. The van der Waals surface area contributed by atoms with Gasteiger partial charge in [-0.25, -0.2) is 0 Å². The Bertz CT molecular complexity index is 726. The highest BCUT2D eigenvalue weighted by Gasteiger charge is 2.12. The van der Waals surface area contributed by atoms with Crippen LogP contribution in [0.3, 0.4) is 0 Å². The SMILES string of the molecule is Oc1cccc(SCc2nnc(-c3ccc(Br)o3)o2)c1. The van der Waals surface area contributed by atoms with E-state index in [-0.39, 0.29) is 5.75 Å². The Morgan fingerprint density at radius 1 is 1.15 bits per heavy atom. The lowest BCUT2D eigenvalue weighted by atomic mass is 10.3. The van der Waals surface area contributed by atoms with Crippen LogP contribution in [0.25, 0.3) is 11.7 Å². The number of nitrogens with zero attached hydrogens (tertiary/aromatic N) is 2. The second kappa shape index (κ2) is 5.72. The number of phenolic OH excluding ortho intramolecular Hbond substituents is 1. The van der Waals surface area contributed by atoms with Crippen molar-refractivity contribution in [1.82, 2.24) is 10.2 Å². The smallest absolute Gasteiger partial charge is 0.283 e. The summed E-state index contributed by atoms with van der Waals surface area (Å²) >= 11 is 4.73. The monoisotopic (exact) mass is 352 g/mol. The standard InChI is InChI=1S/C13H9BrN2O3S/c14-11-5-4-10(18-11)13-16-15-12(19-13)7-20-9-3-1-2-8(17)6-9/h1-6,17H,7H2. The average Bonchev–Trinajstić information content (AvgIpc) is 3.05. The van der Waals surface area contributed by atoms with Crippen molar-refractivity contribution < 1.29 is 13.9 Å². The van der Waals surface area contributed by atoms with Crippen molar-refractivity contribution >= 4 is 27.7 Å². The van der Waals surface area contributed by atoms with Crippen LogP contribution in [0.1, 0.15) is 5.89 Å². The molecular formula is C13H9BrN2O3S. The Hall–Kier alpha value is -1.73. The van der Waals surface area contributed by atoms with Crippen LogP contribution in [0.5, 0.6) is 5.75 Å². The predicted octanol–water partition coefficient (Wildman–Crippen LogP) is 4.09. The van der Waals surface area contributed by atoms with Crippen LogP contribution in [0.15, 0.2) is 54.8 Å². The summed E-state index contributed by atoms with van der Waals surface area (Å²) < 4.78 is 11.5. The van der Waals surface area contributed by atoms with Gasteiger partial charge in [0.1, 0.15) is 5.75 Å². The number of thioether (sulfide) groups is 1. The van der Waals surface area contributed by atoms with Crippen LogP contribution in [0, 0.1) is 0 Å². The molecule has 102 valence electrons. The number of phenols is 1. The third-order valence-corrected chi connectivity index (χ3v) is 3.84. The lowest BCUT2D eigenvalue weighted by Gasteiger charge is -1.98. The highest BCUT2D eigenvalue weighted by molar-refractivity contribution is 9.10. The van der Waals surface area contributed by atoms with E-state index in [1.165, 1.54) is 11.8 Å². The molecule has 0 saturated carbocycles. The van der Waals surface area contributed by atoms with Gasteiger partial charge in [-0.1, -0.05) is 6.07 Å². The average molecular weight is 353 g/mol. The van der Waals surface area contributed by atoms with Gasteiger partial charge >= 0.3 is 0 Å². The van der Waals surface area contributed by atoms with Crippen LogP contribution < -0.4 is 0 Å². The fourth-order valence-electron chi connectivity index (χ4n) is 1.56. The molecule has 1 aromatic carbocycles. The molecule has 0 amide bonds. The minimum atomic E-state index is 0.238. The van der Waals surface area contributed by atoms with Gasteiger partial charge in [0.25, 0.3) is 5.89 Å². The molecule has 2 heterocycles. The molecule has 0 fully saturated rings. The molecule has 0 unspecified atom stereocenters. The molecule has 3 rings (SSSR count). The molecule has 1 N–H and O–H groups in total. The Kier molecular flexibility index (Phi) is 3.79. The van der Waals surface area contributed by atoms with E-state index in [4.69, 9.17) is 8.83 Å². The zero-order valence-corrected chi connectivity index (χ0v) is 12.5. The summed E-state index contributed by atoms with van der Waals surface area (Å²) in [5, 5.41) is 17.3. The molecule has 0 aliphatic carbocycles. The molecule has 5 nitrogen and oxygen atoms in total. The Morgan fingerprint density at radius 2 is 2.05 bits per heavy atom. The maximum atomic E-state index is 9.38. The molecule has 7 heteroatoms. The van der Waals surface area contributed by atoms with Crippen LogP contribution >= 0.6 is 27.7 Å². The van der Waals surface area contributed by atoms with Crippen LogP contribution in [-0.4, -0.2) is 15.3 Å². The minimum absolute atomic E-state index is 0.238. The molecule has 0 saturated heterocycles. The molecule has 0 aliphatic rings. The third kappa shape index (κ3) is 3.05. The zero-order chi connectivity index (χ0) is 13.9. The van der Waals surface area contributed by atoms with E-state index in [1.807, 2.05) is 6.07 Å². The summed E-state index contributed by atoms with van der Waals surface area (Å²) in [6.45, 7) is 0. The second-order valence-corrected chi connectivity index (χ2v) is 5.72. The van der Waals surface area contributed by atoms with Gasteiger partial charge in [0.05, 0.1) is 5.75 Å². The summed E-state index contributed by atoms with van der Waals surface area (Å²) in [4.78, 5) is 0.936. The van der Waals surface area contributed by atoms with Crippen molar-refractivity contribution in [2.45, 2.75) is 10.6 Å². The molecule has 0 radical (unpaired) electrons. The summed E-state index contributed by atoms with van der Waals surface area (Å²) in [6, 6.07) is 10.5. The van der Waals surface area contributed by atoms with Gasteiger partial charge in [0.15, 0.2) is 10.4 Å². The van der Waals surface area contributed by atoms with E-state index in [0.717, 1.165) is 4.90 Å². The number of rotatable bonds is 4. The fraction of sp³-hybridized carbons (Fsp3) is 0.0769. The quantitative estimate of drug-likeness (QED) is 0.713. The molecule has 0 bridgehead atoms. The number of hydrogen-bond donors (Lipinski definition) is 1. The van der Waals surface area contributed by atoms with Gasteiger partial charge in [-0.3, -0.25) is 0 Å². The molecule has 20 heavy (non-hydrogen) atoms. The first-order valence-corrected chi connectivity index (χ1v) is 7.48. The first-order chi connectivity index (χ1) is 9.70. The first-order valence-electron chi connectivity index (χ1n) is 5.70. The van der Waals surface area contributed by atoms with Crippen LogP contribution in [0.2, 0.25) is 0 Å². The van der Waals surface area contributed by atoms with E-state index in [1.54, 1.807) is 30.3 Å². The third-order valence-electron chi connectivity index (χ3n) is 2.43. The largest absolute Gasteiger partial charge is 0.508 e. The van der Waals surface area contributed by atoms with Gasteiger partial charge in [-0.05, 0) is 46.3 Å². The maximum absolute atomic E-state index is 9.38. The maximum Gasteiger partial charge on any atom is 0.283 e. The lowest BCUT2D eigenvalue weighted by Crippen LogP contribution is -1.80. The number of aromatic nitrogens is 2. The van der Waals surface area contributed by atoms with Gasteiger partial charge in [-0.2, -0.15) is 0 Å². The summed E-state index contributed by atoms with van der Waals surface area (Å²) in [5.41, 5.74) is 0. The van der Waals surface area contributed by atoms with E-state index < -0.39 is 0 Å². The molecule has 3 aromatic rings. The van der Waals surface area contributed by atoms with Crippen molar-refractivity contribution in [3.8, 4) is 17.4 Å². The normalized spacial score (nSPS) is 10.8. The van der Waals surface area contributed by atoms with Crippen molar-refractivity contribution in [2.24, 2.45) is 0 Å². The Morgan fingerprint density at radius 3 is 2.80 bits per heavy atom. The molecule has 0 atom stereocenters. The second-order valence-electron chi connectivity index (χ2n) is 3.89.